The predicted molar refractivity (Wildman–Crippen MR) is 55.0 cm³/mol. The summed E-state index contributed by atoms with van der Waals surface area (Å²) in [6, 6.07) is 6.09. The highest BCUT2D eigenvalue weighted by Gasteiger charge is 2.07. The third kappa shape index (κ3) is 2.02. The van der Waals surface area contributed by atoms with E-state index in [9.17, 15) is 0 Å². The maximum atomic E-state index is 8.75. The lowest BCUT2D eigenvalue weighted by molar-refractivity contribution is 0.976. The van der Waals surface area contributed by atoms with Crippen LogP contribution in [0.1, 0.15) is 29.5 Å². The quantitative estimate of drug-likeness (QED) is 0.669. The molecular formula is C11H12ClN. The van der Waals surface area contributed by atoms with Crippen LogP contribution in [0.2, 0.25) is 5.02 Å². The van der Waals surface area contributed by atoms with Crippen LogP contribution < -0.4 is 0 Å². The highest BCUT2D eigenvalue weighted by Crippen LogP contribution is 2.25. The Morgan fingerprint density at radius 3 is 2.46 bits per heavy atom. The molecule has 13 heavy (non-hydrogen) atoms. The second-order valence-corrected chi connectivity index (χ2v) is 3.70. The third-order valence-electron chi connectivity index (χ3n) is 2.32. The first-order valence-electron chi connectivity index (χ1n) is 4.22. The number of nitrogens with zero attached hydrogens (tertiary/aromatic N) is 1. The van der Waals surface area contributed by atoms with Gasteiger partial charge >= 0.3 is 0 Å². The standard InChI is InChI=1S/C11H12ClN/c1-7-4-10(8(2)6-13)5-11(12)9(7)3/h4-5,8H,1-3H3. The number of benzene rings is 1. The van der Waals surface area contributed by atoms with Crippen molar-refractivity contribution < 1.29 is 0 Å². The summed E-state index contributed by atoms with van der Waals surface area (Å²) in [6.45, 7) is 5.87. The molecule has 0 aliphatic carbocycles. The van der Waals surface area contributed by atoms with Crippen LogP contribution in [0.15, 0.2) is 12.1 Å². The van der Waals surface area contributed by atoms with Crippen molar-refractivity contribution in [3.63, 3.8) is 0 Å². The number of rotatable bonds is 1. The highest BCUT2D eigenvalue weighted by molar-refractivity contribution is 6.31. The molecule has 0 N–H and O–H groups in total. The number of halogens is 1. The molecule has 1 aromatic carbocycles. The van der Waals surface area contributed by atoms with Crippen molar-refractivity contribution in [3.05, 3.63) is 33.8 Å². The van der Waals surface area contributed by atoms with Gasteiger partial charge in [-0.3, -0.25) is 0 Å². The van der Waals surface area contributed by atoms with Gasteiger partial charge in [-0.25, -0.2) is 0 Å². The Balaban J connectivity index is 3.22. The summed E-state index contributed by atoms with van der Waals surface area (Å²) in [6.07, 6.45) is 0. The molecule has 0 aromatic heterocycles. The van der Waals surface area contributed by atoms with E-state index >= 15 is 0 Å². The van der Waals surface area contributed by atoms with E-state index in [0.29, 0.717) is 0 Å². The summed E-state index contributed by atoms with van der Waals surface area (Å²) in [5.74, 6) is -0.0863. The molecule has 0 fully saturated rings. The van der Waals surface area contributed by atoms with Crippen molar-refractivity contribution in [3.8, 4) is 6.07 Å². The van der Waals surface area contributed by atoms with Gasteiger partial charge in [0, 0.05) is 5.02 Å². The second kappa shape index (κ2) is 3.81. The van der Waals surface area contributed by atoms with Crippen molar-refractivity contribution in [2.45, 2.75) is 26.7 Å². The first kappa shape index (κ1) is 10.1. The van der Waals surface area contributed by atoms with E-state index in [0.717, 1.165) is 21.7 Å². The van der Waals surface area contributed by atoms with Crippen LogP contribution in [0.3, 0.4) is 0 Å². The Hall–Kier alpha value is -1.000. The minimum Gasteiger partial charge on any atom is -0.198 e. The van der Waals surface area contributed by atoms with Gasteiger partial charge in [-0.05, 0) is 43.5 Å². The Morgan fingerprint density at radius 2 is 2.00 bits per heavy atom. The Kier molecular flexibility index (Phi) is 2.95. The van der Waals surface area contributed by atoms with Crippen molar-refractivity contribution in [2.24, 2.45) is 0 Å². The van der Waals surface area contributed by atoms with E-state index in [1.165, 1.54) is 0 Å². The van der Waals surface area contributed by atoms with Crippen molar-refractivity contribution >= 4 is 11.6 Å². The van der Waals surface area contributed by atoms with Crippen molar-refractivity contribution in [2.75, 3.05) is 0 Å². The minimum atomic E-state index is -0.0863. The average molecular weight is 194 g/mol. The summed E-state index contributed by atoms with van der Waals surface area (Å²) in [5, 5.41) is 9.49. The lowest BCUT2D eigenvalue weighted by atomic mass is 9.98. The summed E-state index contributed by atoms with van der Waals surface area (Å²) in [4.78, 5) is 0. The average Bonchev–Trinajstić information content (AvgIpc) is 2.12. The van der Waals surface area contributed by atoms with Gasteiger partial charge in [0.25, 0.3) is 0 Å². The van der Waals surface area contributed by atoms with Crippen LogP contribution in [0.25, 0.3) is 0 Å². The first-order chi connectivity index (χ1) is 6.06. The molecule has 0 bridgehead atoms. The minimum absolute atomic E-state index is 0.0863. The van der Waals surface area contributed by atoms with E-state index in [2.05, 4.69) is 6.07 Å². The fourth-order valence-electron chi connectivity index (χ4n) is 1.17. The molecule has 1 unspecified atom stereocenters. The molecule has 1 atom stereocenters. The topological polar surface area (TPSA) is 23.8 Å². The summed E-state index contributed by atoms with van der Waals surface area (Å²) >= 11 is 6.01. The maximum absolute atomic E-state index is 8.75. The number of hydrogen-bond donors (Lipinski definition) is 0. The van der Waals surface area contributed by atoms with Gasteiger partial charge in [0.15, 0.2) is 0 Å². The molecule has 0 aliphatic heterocycles. The fourth-order valence-corrected chi connectivity index (χ4v) is 1.44. The molecule has 0 saturated carbocycles. The van der Waals surface area contributed by atoms with Gasteiger partial charge in [-0.15, -0.1) is 0 Å². The summed E-state index contributed by atoms with van der Waals surface area (Å²) in [5.41, 5.74) is 3.23. The number of aryl methyl sites for hydroxylation is 1. The van der Waals surface area contributed by atoms with E-state index in [1.807, 2.05) is 32.9 Å². The van der Waals surface area contributed by atoms with Crippen LogP contribution in [-0.2, 0) is 0 Å². The largest absolute Gasteiger partial charge is 0.198 e. The molecule has 0 heterocycles. The normalized spacial score (nSPS) is 12.2. The third-order valence-corrected chi connectivity index (χ3v) is 2.71. The van der Waals surface area contributed by atoms with Crippen LogP contribution in [0.5, 0.6) is 0 Å². The lowest BCUT2D eigenvalue weighted by Crippen LogP contribution is -1.92. The van der Waals surface area contributed by atoms with Gasteiger partial charge < -0.3 is 0 Å². The van der Waals surface area contributed by atoms with Crippen LogP contribution in [0, 0.1) is 25.2 Å². The predicted octanol–water partition coefficient (Wildman–Crippen LogP) is 3.58. The van der Waals surface area contributed by atoms with E-state index in [1.54, 1.807) is 0 Å². The zero-order valence-electron chi connectivity index (χ0n) is 8.06. The van der Waals surface area contributed by atoms with Crippen molar-refractivity contribution in [1.82, 2.24) is 0 Å². The van der Waals surface area contributed by atoms with E-state index in [4.69, 9.17) is 16.9 Å². The first-order valence-corrected chi connectivity index (χ1v) is 4.60. The molecule has 0 spiro atoms. The number of hydrogen-bond acceptors (Lipinski definition) is 1. The van der Waals surface area contributed by atoms with Crippen molar-refractivity contribution in [1.29, 1.82) is 5.26 Å². The molecule has 0 aliphatic rings. The monoisotopic (exact) mass is 193 g/mol. The maximum Gasteiger partial charge on any atom is 0.0700 e. The SMILES string of the molecule is Cc1cc(C(C)C#N)cc(Cl)c1C. The van der Waals surface area contributed by atoms with Gasteiger partial charge in [0.05, 0.1) is 12.0 Å². The molecule has 0 amide bonds. The fraction of sp³-hybridized carbons (Fsp3) is 0.364. The zero-order chi connectivity index (χ0) is 10.0. The van der Waals surface area contributed by atoms with Crippen LogP contribution in [-0.4, -0.2) is 0 Å². The summed E-state index contributed by atoms with van der Waals surface area (Å²) in [7, 11) is 0. The Bertz CT molecular complexity index is 340. The Morgan fingerprint density at radius 1 is 1.38 bits per heavy atom. The molecule has 0 radical (unpaired) electrons. The Labute approximate surface area is 84.0 Å². The van der Waals surface area contributed by atoms with Gasteiger partial charge in [0.1, 0.15) is 0 Å². The smallest absolute Gasteiger partial charge is 0.0700 e. The van der Waals surface area contributed by atoms with Crippen LogP contribution >= 0.6 is 11.6 Å². The van der Waals surface area contributed by atoms with Crippen LogP contribution in [0.4, 0.5) is 0 Å². The van der Waals surface area contributed by atoms with Gasteiger partial charge in [-0.1, -0.05) is 17.7 Å². The summed E-state index contributed by atoms with van der Waals surface area (Å²) < 4.78 is 0. The zero-order valence-corrected chi connectivity index (χ0v) is 8.81. The number of nitriles is 1. The molecule has 1 rings (SSSR count). The molecule has 1 nitrogen and oxygen atoms in total. The van der Waals surface area contributed by atoms with Gasteiger partial charge in [-0.2, -0.15) is 5.26 Å². The lowest BCUT2D eigenvalue weighted by Gasteiger charge is -2.08. The highest BCUT2D eigenvalue weighted by atomic mass is 35.5. The molecule has 68 valence electrons. The van der Waals surface area contributed by atoms with E-state index in [-0.39, 0.29) is 5.92 Å². The van der Waals surface area contributed by atoms with E-state index < -0.39 is 0 Å². The second-order valence-electron chi connectivity index (χ2n) is 3.30. The molecule has 1 aromatic rings. The van der Waals surface area contributed by atoms with Gasteiger partial charge in [0.2, 0.25) is 0 Å². The molecule has 2 heteroatoms. The molecule has 0 saturated heterocycles. The molecular weight excluding hydrogens is 182 g/mol.